The van der Waals surface area contributed by atoms with Gasteiger partial charge in [0.2, 0.25) is 5.91 Å². The van der Waals surface area contributed by atoms with E-state index in [9.17, 15) is 28.8 Å². The number of amides is 5. The molecule has 1 aliphatic carbocycles. The van der Waals surface area contributed by atoms with Crippen LogP contribution in [-0.2, 0) is 44.9 Å². The molecule has 0 bridgehead atoms. The zero-order valence-electron chi connectivity index (χ0n) is 21.4. The minimum Gasteiger partial charge on any atom is -0.462 e. The number of rotatable bonds is 14. The molecule has 2 fully saturated rings. The predicted molar refractivity (Wildman–Crippen MR) is 134 cm³/mol. The van der Waals surface area contributed by atoms with E-state index in [-0.39, 0.29) is 51.4 Å². The zero-order chi connectivity index (χ0) is 28.4. The third-order valence-electron chi connectivity index (χ3n) is 6.45. The summed E-state index contributed by atoms with van der Waals surface area (Å²) in [6, 6.07) is 5.53. The Balaban J connectivity index is 1.35. The van der Waals surface area contributed by atoms with E-state index < -0.39 is 41.2 Å². The van der Waals surface area contributed by atoms with E-state index >= 15 is 0 Å². The van der Waals surface area contributed by atoms with Crippen LogP contribution < -0.4 is 22.1 Å². The Morgan fingerprint density at radius 3 is 2.26 bits per heavy atom. The number of nitrogens with zero attached hydrogens (tertiary/aromatic N) is 1. The second kappa shape index (κ2) is 13.7. The Morgan fingerprint density at radius 2 is 1.67 bits per heavy atom. The van der Waals surface area contributed by atoms with E-state index in [2.05, 4.69) is 10.6 Å². The van der Waals surface area contributed by atoms with Crippen molar-refractivity contribution in [3.05, 3.63) is 29.8 Å². The van der Waals surface area contributed by atoms with Gasteiger partial charge in [0.05, 0.1) is 19.3 Å². The van der Waals surface area contributed by atoms with Crippen LogP contribution in [0, 0.1) is 5.41 Å². The lowest BCUT2D eigenvalue weighted by molar-refractivity contribution is -0.213. The summed E-state index contributed by atoms with van der Waals surface area (Å²) in [6.45, 7) is 0.513. The number of hydroxylamine groups is 2. The highest BCUT2D eigenvalue weighted by atomic mass is 16.7. The average Bonchev–Trinajstić information content (AvgIpc) is 3.18. The van der Waals surface area contributed by atoms with E-state index in [1.807, 2.05) is 0 Å². The number of hydrogen-bond acceptors (Lipinski definition) is 10. The van der Waals surface area contributed by atoms with Gasteiger partial charge in [0, 0.05) is 25.1 Å². The largest absolute Gasteiger partial charge is 0.462 e. The highest BCUT2D eigenvalue weighted by Crippen LogP contribution is 2.43. The number of anilines is 1. The Bertz CT molecular complexity index is 1070. The number of benzene rings is 1. The van der Waals surface area contributed by atoms with Gasteiger partial charge >= 0.3 is 18.0 Å². The van der Waals surface area contributed by atoms with Crippen molar-refractivity contribution in [1.82, 2.24) is 10.4 Å². The maximum Gasteiger partial charge on any atom is 0.350 e. The molecule has 0 spiro atoms. The number of nitrogens with two attached hydrogens (primary N) is 2. The maximum absolute atomic E-state index is 12.6. The van der Waals surface area contributed by atoms with Gasteiger partial charge in [0.25, 0.3) is 11.8 Å². The predicted octanol–water partition coefficient (Wildman–Crippen LogP) is 0.238. The molecule has 3 rings (SSSR count). The van der Waals surface area contributed by atoms with Crippen LogP contribution in [0.1, 0.15) is 50.5 Å². The van der Waals surface area contributed by atoms with Crippen LogP contribution in [-0.4, -0.2) is 66.6 Å². The number of ether oxygens (including phenoxy) is 2. The Hall–Kier alpha value is -4.04. The fourth-order valence-electron chi connectivity index (χ4n) is 3.96. The van der Waals surface area contributed by atoms with E-state index in [1.165, 1.54) is 0 Å². The molecule has 14 nitrogen and oxygen atoms in total. The molecule has 14 heteroatoms. The Kier molecular flexibility index (Phi) is 10.3. The molecule has 5 amide bonds. The van der Waals surface area contributed by atoms with Crippen molar-refractivity contribution in [3.63, 3.8) is 0 Å². The van der Waals surface area contributed by atoms with Gasteiger partial charge in [-0.1, -0.05) is 12.1 Å². The van der Waals surface area contributed by atoms with Gasteiger partial charge in [-0.3, -0.25) is 19.2 Å². The molecule has 2 aliphatic rings. The molecule has 0 unspecified atom stereocenters. The number of nitrogens with one attached hydrogen (secondary N) is 2. The molecular formula is C25H33N5O9. The average molecular weight is 548 g/mol. The van der Waals surface area contributed by atoms with Gasteiger partial charge in [-0.2, -0.15) is 0 Å². The second-order valence-electron chi connectivity index (χ2n) is 9.31. The lowest BCUT2D eigenvalue weighted by Gasteiger charge is -2.36. The molecule has 1 aliphatic heterocycles. The minimum absolute atomic E-state index is 0.0364. The molecule has 1 aromatic rings. The number of carbonyl (C=O) groups excluding carboxylic acids is 6. The van der Waals surface area contributed by atoms with Crippen molar-refractivity contribution in [2.45, 2.75) is 57.6 Å². The summed E-state index contributed by atoms with van der Waals surface area (Å²) in [6.07, 6.45) is 1.84. The normalized spacial score (nSPS) is 16.7. The summed E-state index contributed by atoms with van der Waals surface area (Å²) in [4.78, 5) is 76.4. The number of urea groups is 1. The standard InChI is InChI=1S/C25H33N5O9/c26-18(3-1-12-28-24(27)36)21(33)29-17-6-4-16(5-7-17)15-37-13-14-38-22(34)25(10-2-11-25)23(35)39-30-19(31)8-9-20(30)32/h4-7,18H,1-3,8-15,26H2,(H,29,33)(H3,27,28,36)/t18-/m0/s1. The monoisotopic (exact) mass is 547 g/mol. The first-order chi connectivity index (χ1) is 18.6. The molecule has 0 radical (unpaired) electrons. The lowest BCUT2D eigenvalue weighted by atomic mass is 9.69. The fraction of sp³-hybridized carbons (Fsp3) is 0.520. The summed E-state index contributed by atoms with van der Waals surface area (Å²) >= 11 is 0. The molecule has 212 valence electrons. The Labute approximate surface area is 224 Å². The van der Waals surface area contributed by atoms with Gasteiger partial charge in [-0.25, -0.2) is 9.59 Å². The van der Waals surface area contributed by atoms with Crippen LogP contribution in [0.25, 0.3) is 0 Å². The lowest BCUT2D eigenvalue weighted by Crippen LogP contribution is -2.50. The van der Waals surface area contributed by atoms with Gasteiger partial charge in [0.1, 0.15) is 6.61 Å². The van der Waals surface area contributed by atoms with Crippen LogP contribution in [0.2, 0.25) is 0 Å². The molecular weight excluding hydrogens is 514 g/mol. The van der Waals surface area contributed by atoms with Crippen molar-refractivity contribution in [3.8, 4) is 0 Å². The van der Waals surface area contributed by atoms with Crippen LogP contribution >= 0.6 is 0 Å². The Morgan fingerprint density at radius 1 is 1.00 bits per heavy atom. The third-order valence-corrected chi connectivity index (χ3v) is 6.45. The molecule has 1 atom stereocenters. The number of imide groups is 1. The molecule has 1 saturated carbocycles. The topological polar surface area (TPSA) is 209 Å². The SMILES string of the molecule is NC(=O)NCCC[C@H](N)C(=O)Nc1ccc(COCCOC(=O)C2(C(=O)ON3C(=O)CCC3=O)CCC2)cc1. The number of esters is 1. The molecule has 6 N–H and O–H groups in total. The summed E-state index contributed by atoms with van der Waals surface area (Å²) in [5, 5.41) is 5.58. The first-order valence-corrected chi connectivity index (χ1v) is 12.6. The number of primary amides is 1. The molecule has 1 aromatic carbocycles. The van der Waals surface area contributed by atoms with Crippen molar-refractivity contribution in [2.24, 2.45) is 16.9 Å². The first-order valence-electron chi connectivity index (χ1n) is 12.6. The molecule has 1 saturated heterocycles. The van der Waals surface area contributed by atoms with Crippen LogP contribution in [0.4, 0.5) is 10.5 Å². The zero-order valence-corrected chi connectivity index (χ0v) is 21.4. The smallest absolute Gasteiger partial charge is 0.350 e. The number of hydrogen-bond donors (Lipinski definition) is 4. The van der Waals surface area contributed by atoms with E-state index in [0.29, 0.717) is 36.6 Å². The van der Waals surface area contributed by atoms with Gasteiger partial charge in [-0.15, -0.1) is 5.06 Å². The minimum atomic E-state index is -1.52. The van der Waals surface area contributed by atoms with E-state index in [4.69, 9.17) is 25.8 Å². The van der Waals surface area contributed by atoms with Crippen LogP contribution in [0.5, 0.6) is 0 Å². The number of carbonyl (C=O) groups is 6. The molecule has 1 heterocycles. The van der Waals surface area contributed by atoms with Crippen molar-refractivity contribution >= 4 is 41.4 Å². The highest BCUT2D eigenvalue weighted by molar-refractivity contribution is 6.05. The second-order valence-corrected chi connectivity index (χ2v) is 9.31. The fourth-order valence-corrected chi connectivity index (χ4v) is 3.96. The van der Waals surface area contributed by atoms with Crippen molar-refractivity contribution in [2.75, 3.05) is 25.1 Å². The van der Waals surface area contributed by atoms with E-state index in [0.717, 1.165) is 5.56 Å². The van der Waals surface area contributed by atoms with Gasteiger partial charge < -0.3 is 36.4 Å². The molecule has 0 aromatic heterocycles. The van der Waals surface area contributed by atoms with Gasteiger partial charge in [-0.05, 0) is 49.8 Å². The quantitative estimate of drug-likeness (QED) is 0.108. The van der Waals surface area contributed by atoms with Crippen LogP contribution in [0.15, 0.2) is 24.3 Å². The summed E-state index contributed by atoms with van der Waals surface area (Å²) < 4.78 is 10.7. The van der Waals surface area contributed by atoms with Crippen molar-refractivity contribution < 1.29 is 43.1 Å². The summed E-state index contributed by atoms with van der Waals surface area (Å²) in [5.74, 6) is -3.32. The van der Waals surface area contributed by atoms with Crippen molar-refractivity contribution in [1.29, 1.82) is 0 Å². The van der Waals surface area contributed by atoms with Gasteiger partial charge in [0.15, 0.2) is 5.41 Å². The first kappa shape index (κ1) is 29.5. The van der Waals surface area contributed by atoms with E-state index in [1.54, 1.807) is 24.3 Å². The summed E-state index contributed by atoms with van der Waals surface area (Å²) in [5.41, 5.74) is 10.7. The van der Waals surface area contributed by atoms with Crippen LogP contribution in [0.3, 0.4) is 0 Å². The summed E-state index contributed by atoms with van der Waals surface area (Å²) in [7, 11) is 0. The highest BCUT2D eigenvalue weighted by Gasteiger charge is 2.55. The molecule has 39 heavy (non-hydrogen) atoms. The third kappa shape index (κ3) is 7.97. The maximum atomic E-state index is 12.6.